The maximum absolute atomic E-state index is 14.8. The third-order valence-corrected chi connectivity index (χ3v) is 4.65. The number of pyridine rings is 2. The van der Waals surface area contributed by atoms with Crippen LogP contribution in [0.15, 0.2) is 59.9 Å². The van der Waals surface area contributed by atoms with E-state index in [0.29, 0.717) is 22.2 Å². The summed E-state index contributed by atoms with van der Waals surface area (Å²) in [6.45, 7) is -0.252. The summed E-state index contributed by atoms with van der Waals surface area (Å²) >= 11 is 0. The molecule has 146 valence electrons. The molecule has 0 aliphatic rings. The molecule has 0 radical (unpaired) electrons. The second kappa shape index (κ2) is 7.38. The molecule has 0 aliphatic heterocycles. The van der Waals surface area contributed by atoms with Crippen molar-refractivity contribution in [2.24, 2.45) is 0 Å². The van der Waals surface area contributed by atoms with Crippen LogP contribution in [0.1, 0.15) is 5.56 Å². The SMILES string of the molecule is CN(C)c1ccc(-c2cc(F)c(Cn3c(=O)cnc4cnccc43)c(F)c2)cn1. The molecule has 0 saturated heterocycles. The number of rotatable bonds is 4. The number of hydrogen-bond acceptors (Lipinski definition) is 5. The van der Waals surface area contributed by atoms with Gasteiger partial charge in [0.1, 0.15) is 23.0 Å². The average Bonchev–Trinajstić information content (AvgIpc) is 2.72. The lowest BCUT2D eigenvalue weighted by Gasteiger charge is -2.13. The molecule has 6 nitrogen and oxygen atoms in total. The first kappa shape index (κ1) is 18.7. The zero-order chi connectivity index (χ0) is 20.5. The van der Waals surface area contributed by atoms with Crippen molar-refractivity contribution >= 4 is 16.9 Å². The molecule has 0 aliphatic carbocycles. The van der Waals surface area contributed by atoms with Crippen LogP contribution in [0.25, 0.3) is 22.2 Å². The van der Waals surface area contributed by atoms with E-state index in [0.717, 1.165) is 12.0 Å². The van der Waals surface area contributed by atoms with E-state index >= 15 is 0 Å². The molecule has 1 aromatic carbocycles. The van der Waals surface area contributed by atoms with Gasteiger partial charge in [0.2, 0.25) is 0 Å². The molecule has 4 rings (SSSR count). The van der Waals surface area contributed by atoms with Crippen molar-refractivity contribution in [3.8, 4) is 11.1 Å². The zero-order valence-corrected chi connectivity index (χ0v) is 15.8. The lowest BCUT2D eigenvalue weighted by molar-refractivity contribution is 0.545. The Hall–Kier alpha value is -3.68. The molecule has 0 bridgehead atoms. The maximum atomic E-state index is 14.8. The lowest BCUT2D eigenvalue weighted by atomic mass is 10.0. The van der Waals surface area contributed by atoms with E-state index in [1.165, 1.54) is 29.1 Å². The van der Waals surface area contributed by atoms with Gasteiger partial charge in [-0.15, -0.1) is 0 Å². The number of fused-ring (bicyclic) bond motifs is 1. The van der Waals surface area contributed by atoms with E-state index in [-0.39, 0.29) is 12.1 Å². The van der Waals surface area contributed by atoms with Gasteiger partial charge in [-0.25, -0.2) is 18.7 Å². The topological polar surface area (TPSA) is 63.9 Å². The predicted octanol–water partition coefficient (Wildman–Crippen LogP) is 3.25. The molecule has 0 atom stereocenters. The van der Waals surface area contributed by atoms with E-state index in [4.69, 9.17) is 0 Å². The Morgan fingerprint density at radius 3 is 2.38 bits per heavy atom. The fourth-order valence-corrected chi connectivity index (χ4v) is 3.08. The fraction of sp³-hybridized carbons (Fsp3) is 0.143. The molecule has 3 heterocycles. The highest BCUT2D eigenvalue weighted by Gasteiger charge is 2.15. The largest absolute Gasteiger partial charge is 0.363 e. The molecular formula is C21H17F2N5O. The van der Waals surface area contributed by atoms with Gasteiger partial charge in [0.15, 0.2) is 0 Å². The summed E-state index contributed by atoms with van der Waals surface area (Å²) in [5.74, 6) is -0.727. The molecule has 0 unspecified atom stereocenters. The van der Waals surface area contributed by atoms with Crippen LogP contribution >= 0.6 is 0 Å². The summed E-state index contributed by atoms with van der Waals surface area (Å²) in [4.78, 5) is 26.3. The van der Waals surface area contributed by atoms with Crippen molar-refractivity contribution in [1.82, 2.24) is 19.5 Å². The van der Waals surface area contributed by atoms with E-state index < -0.39 is 17.2 Å². The lowest BCUT2D eigenvalue weighted by Crippen LogP contribution is -2.22. The smallest absolute Gasteiger partial charge is 0.269 e. The molecule has 4 aromatic rings. The Bertz CT molecular complexity index is 1230. The fourth-order valence-electron chi connectivity index (χ4n) is 3.08. The second-order valence-corrected chi connectivity index (χ2v) is 6.76. The first-order valence-corrected chi connectivity index (χ1v) is 8.85. The Labute approximate surface area is 165 Å². The highest BCUT2D eigenvalue weighted by Crippen LogP contribution is 2.26. The van der Waals surface area contributed by atoms with E-state index in [9.17, 15) is 13.6 Å². The van der Waals surface area contributed by atoms with Gasteiger partial charge in [-0.2, -0.15) is 0 Å². The molecular weight excluding hydrogens is 376 g/mol. The van der Waals surface area contributed by atoms with Gasteiger partial charge in [-0.1, -0.05) is 0 Å². The predicted molar refractivity (Wildman–Crippen MR) is 107 cm³/mol. The van der Waals surface area contributed by atoms with Gasteiger partial charge in [-0.3, -0.25) is 9.78 Å². The highest BCUT2D eigenvalue weighted by molar-refractivity contribution is 5.73. The zero-order valence-electron chi connectivity index (χ0n) is 15.8. The summed E-state index contributed by atoms with van der Waals surface area (Å²) in [6.07, 6.45) is 5.68. The Morgan fingerprint density at radius 1 is 0.966 bits per heavy atom. The van der Waals surface area contributed by atoms with Gasteiger partial charge in [0, 0.05) is 37.6 Å². The number of nitrogens with zero attached hydrogens (tertiary/aromatic N) is 5. The number of hydrogen-bond donors (Lipinski definition) is 0. The van der Waals surface area contributed by atoms with E-state index in [1.807, 2.05) is 19.0 Å². The molecule has 0 N–H and O–H groups in total. The minimum Gasteiger partial charge on any atom is -0.363 e. The van der Waals surface area contributed by atoms with Crippen molar-refractivity contribution in [1.29, 1.82) is 0 Å². The maximum Gasteiger partial charge on any atom is 0.269 e. The number of halogens is 2. The highest BCUT2D eigenvalue weighted by atomic mass is 19.1. The molecule has 0 saturated carbocycles. The van der Waals surface area contributed by atoms with Crippen LogP contribution in [-0.2, 0) is 6.54 Å². The van der Waals surface area contributed by atoms with Crippen LogP contribution in [0.4, 0.5) is 14.6 Å². The quantitative estimate of drug-likeness (QED) is 0.533. The monoisotopic (exact) mass is 393 g/mol. The van der Waals surface area contributed by atoms with Crippen molar-refractivity contribution in [2.75, 3.05) is 19.0 Å². The number of benzene rings is 1. The van der Waals surface area contributed by atoms with E-state index in [2.05, 4.69) is 15.0 Å². The third-order valence-electron chi connectivity index (χ3n) is 4.65. The van der Waals surface area contributed by atoms with Crippen LogP contribution < -0.4 is 10.5 Å². The van der Waals surface area contributed by atoms with Crippen molar-refractivity contribution in [3.05, 3.63) is 82.7 Å². The Morgan fingerprint density at radius 2 is 1.72 bits per heavy atom. The molecule has 8 heteroatoms. The van der Waals surface area contributed by atoms with Crippen LogP contribution in [-0.4, -0.2) is 33.6 Å². The van der Waals surface area contributed by atoms with Crippen LogP contribution in [0, 0.1) is 11.6 Å². The summed E-state index contributed by atoms with van der Waals surface area (Å²) < 4.78 is 30.9. The van der Waals surface area contributed by atoms with Gasteiger partial charge in [0.25, 0.3) is 5.56 Å². The summed E-state index contributed by atoms with van der Waals surface area (Å²) in [6, 6.07) is 7.62. The molecule has 0 amide bonds. The summed E-state index contributed by atoms with van der Waals surface area (Å²) in [5, 5.41) is 0. The first-order chi connectivity index (χ1) is 13.9. The molecule has 0 fully saturated rings. The normalized spacial score (nSPS) is 11.0. The van der Waals surface area contributed by atoms with Crippen molar-refractivity contribution in [2.45, 2.75) is 6.54 Å². The van der Waals surface area contributed by atoms with Crippen LogP contribution in [0.5, 0.6) is 0 Å². The number of anilines is 1. The molecule has 3 aromatic heterocycles. The molecule has 0 spiro atoms. The van der Waals surface area contributed by atoms with Crippen LogP contribution in [0.2, 0.25) is 0 Å². The average molecular weight is 393 g/mol. The van der Waals surface area contributed by atoms with Crippen molar-refractivity contribution < 1.29 is 8.78 Å². The standard InChI is InChI=1S/C21H17F2N5O/c1-27(2)20-4-3-13(9-26-20)14-7-16(22)15(17(23)8-14)12-28-19-5-6-24-10-18(19)25-11-21(28)29/h3-11H,12H2,1-2H3. The number of aromatic nitrogens is 4. The summed E-state index contributed by atoms with van der Waals surface area (Å²) in [7, 11) is 3.72. The first-order valence-electron chi connectivity index (χ1n) is 8.85. The van der Waals surface area contributed by atoms with Gasteiger partial charge >= 0.3 is 0 Å². The van der Waals surface area contributed by atoms with Crippen molar-refractivity contribution in [3.63, 3.8) is 0 Å². The Balaban J connectivity index is 1.74. The second-order valence-electron chi connectivity index (χ2n) is 6.76. The minimum atomic E-state index is -0.734. The van der Waals surface area contributed by atoms with Gasteiger partial charge in [-0.05, 0) is 35.9 Å². The van der Waals surface area contributed by atoms with Gasteiger partial charge in [0.05, 0.1) is 24.5 Å². The van der Waals surface area contributed by atoms with Gasteiger partial charge < -0.3 is 9.47 Å². The minimum absolute atomic E-state index is 0.196. The third kappa shape index (κ3) is 3.56. The van der Waals surface area contributed by atoms with Crippen LogP contribution in [0.3, 0.4) is 0 Å². The Kier molecular flexibility index (Phi) is 4.75. The molecule has 29 heavy (non-hydrogen) atoms. The van der Waals surface area contributed by atoms with E-state index in [1.54, 1.807) is 24.4 Å². The summed E-state index contributed by atoms with van der Waals surface area (Å²) in [5.41, 5.74) is 1.25.